The molecule has 1 atom stereocenters. The lowest BCUT2D eigenvalue weighted by Gasteiger charge is -2.31. The second-order valence-electron chi connectivity index (χ2n) is 5.01. The Morgan fingerprint density at radius 3 is 2.45 bits per heavy atom. The van der Waals surface area contributed by atoms with Crippen LogP contribution >= 0.6 is 0 Å². The van der Waals surface area contributed by atoms with Crippen LogP contribution in [0.3, 0.4) is 0 Å². The van der Waals surface area contributed by atoms with Crippen LogP contribution in [0.4, 0.5) is 5.69 Å². The Kier molecular flexibility index (Phi) is 5.98. The van der Waals surface area contributed by atoms with Gasteiger partial charge in [-0.05, 0) is 31.9 Å². The zero-order valence-corrected chi connectivity index (χ0v) is 13.1. The standard InChI is InChI=1S/C14H24N2O3S/c1-4-14(3,10-11-17)16-12-8-6-7-9-13(12)20(18,19)15-5-2/h6-9,15-17H,4-5,10-11H2,1-3H3. The van der Waals surface area contributed by atoms with Gasteiger partial charge in [-0.3, -0.25) is 0 Å². The third-order valence-corrected chi connectivity index (χ3v) is 5.00. The summed E-state index contributed by atoms with van der Waals surface area (Å²) in [4.78, 5) is 0.236. The average Bonchev–Trinajstić information content (AvgIpc) is 2.39. The first kappa shape index (κ1) is 16.9. The molecule has 0 fully saturated rings. The molecule has 1 aromatic rings. The number of para-hydroxylation sites is 1. The lowest BCUT2D eigenvalue weighted by Crippen LogP contribution is -2.36. The van der Waals surface area contributed by atoms with E-state index < -0.39 is 10.0 Å². The van der Waals surface area contributed by atoms with Crippen molar-refractivity contribution in [3.63, 3.8) is 0 Å². The van der Waals surface area contributed by atoms with Gasteiger partial charge in [-0.25, -0.2) is 13.1 Å². The maximum absolute atomic E-state index is 12.2. The molecule has 3 N–H and O–H groups in total. The van der Waals surface area contributed by atoms with Gasteiger partial charge < -0.3 is 10.4 Å². The van der Waals surface area contributed by atoms with Crippen molar-refractivity contribution in [3.05, 3.63) is 24.3 Å². The van der Waals surface area contributed by atoms with Crippen molar-refractivity contribution >= 4 is 15.7 Å². The molecule has 0 aliphatic rings. The van der Waals surface area contributed by atoms with Crippen molar-refractivity contribution in [2.45, 2.75) is 44.0 Å². The van der Waals surface area contributed by atoms with Crippen molar-refractivity contribution in [1.29, 1.82) is 0 Å². The highest BCUT2D eigenvalue weighted by atomic mass is 32.2. The van der Waals surface area contributed by atoms with Gasteiger partial charge in [0.05, 0.1) is 5.69 Å². The summed E-state index contributed by atoms with van der Waals surface area (Å²) in [6.07, 6.45) is 1.34. The molecule has 0 aliphatic heterocycles. The summed E-state index contributed by atoms with van der Waals surface area (Å²) in [5.74, 6) is 0. The Morgan fingerprint density at radius 2 is 1.90 bits per heavy atom. The number of anilines is 1. The first-order chi connectivity index (χ1) is 9.38. The van der Waals surface area contributed by atoms with Gasteiger partial charge in [0.2, 0.25) is 10.0 Å². The summed E-state index contributed by atoms with van der Waals surface area (Å²) in [6.45, 7) is 6.12. The largest absolute Gasteiger partial charge is 0.396 e. The van der Waals surface area contributed by atoms with E-state index in [0.29, 0.717) is 18.7 Å². The molecule has 20 heavy (non-hydrogen) atoms. The molecule has 0 bridgehead atoms. The summed E-state index contributed by atoms with van der Waals surface area (Å²) < 4.78 is 26.9. The van der Waals surface area contributed by atoms with E-state index in [1.165, 1.54) is 0 Å². The first-order valence-electron chi connectivity index (χ1n) is 6.86. The van der Waals surface area contributed by atoms with Gasteiger partial charge in [-0.2, -0.15) is 0 Å². The molecule has 1 rings (SSSR count). The highest BCUT2D eigenvalue weighted by molar-refractivity contribution is 7.89. The van der Waals surface area contributed by atoms with Crippen LogP contribution < -0.4 is 10.0 Å². The minimum Gasteiger partial charge on any atom is -0.396 e. The number of nitrogens with one attached hydrogen (secondary N) is 2. The Morgan fingerprint density at radius 1 is 1.25 bits per heavy atom. The molecule has 5 nitrogen and oxygen atoms in total. The summed E-state index contributed by atoms with van der Waals surface area (Å²) in [7, 11) is -3.51. The van der Waals surface area contributed by atoms with Gasteiger partial charge in [0.1, 0.15) is 4.90 Å². The van der Waals surface area contributed by atoms with Crippen LogP contribution in [0.5, 0.6) is 0 Å². The number of hydrogen-bond acceptors (Lipinski definition) is 4. The SMILES string of the molecule is CCNS(=O)(=O)c1ccccc1NC(C)(CC)CCO. The number of aliphatic hydroxyl groups excluding tert-OH is 1. The monoisotopic (exact) mass is 300 g/mol. The van der Waals surface area contributed by atoms with Gasteiger partial charge in [-0.1, -0.05) is 26.0 Å². The molecule has 1 aromatic carbocycles. The molecular formula is C14H24N2O3S. The molecule has 1 unspecified atom stereocenters. The van der Waals surface area contributed by atoms with Crippen LogP contribution in [0.2, 0.25) is 0 Å². The quantitative estimate of drug-likeness (QED) is 0.685. The topological polar surface area (TPSA) is 78.4 Å². The predicted octanol–water partition coefficient (Wildman–Crippen LogP) is 1.95. The van der Waals surface area contributed by atoms with Crippen molar-refractivity contribution < 1.29 is 13.5 Å². The van der Waals surface area contributed by atoms with E-state index >= 15 is 0 Å². The van der Waals surface area contributed by atoms with Gasteiger partial charge in [0.25, 0.3) is 0 Å². The lowest BCUT2D eigenvalue weighted by molar-refractivity contribution is 0.252. The number of sulfonamides is 1. The van der Waals surface area contributed by atoms with Crippen molar-refractivity contribution in [1.82, 2.24) is 4.72 Å². The average molecular weight is 300 g/mol. The van der Waals surface area contributed by atoms with E-state index in [2.05, 4.69) is 10.0 Å². The molecule has 0 heterocycles. The predicted molar refractivity (Wildman–Crippen MR) is 81.3 cm³/mol. The number of benzene rings is 1. The van der Waals surface area contributed by atoms with Crippen LogP contribution in [0.25, 0.3) is 0 Å². The summed E-state index contributed by atoms with van der Waals surface area (Å²) in [6, 6.07) is 6.82. The highest BCUT2D eigenvalue weighted by Gasteiger charge is 2.25. The molecule has 6 heteroatoms. The van der Waals surface area contributed by atoms with Crippen LogP contribution in [-0.4, -0.2) is 32.2 Å². The normalized spacial score (nSPS) is 14.8. The zero-order valence-electron chi connectivity index (χ0n) is 12.3. The highest BCUT2D eigenvalue weighted by Crippen LogP contribution is 2.27. The molecule has 0 radical (unpaired) electrons. The molecule has 0 saturated heterocycles. The maximum atomic E-state index is 12.2. The van der Waals surface area contributed by atoms with Crippen LogP contribution in [0, 0.1) is 0 Å². The lowest BCUT2D eigenvalue weighted by atomic mass is 9.94. The smallest absolute Gasteiger partial charge is 0.242 e. The maximum Gasteiger partial charge on any atom is 0.242 e. The number of rotatable bonds is 8. The molecule has 0 spiro atoms. The van der Waals surface area contributed by atoms with E-state index in [1.807, 2.05) is 13.8 Å². The Bertz CT molecular complexity index is 531. The molecular weight excluding hydrogens is 276 g/mol. The number of aliphatic hydroxyl groups is 1. The minimum atomic E-state index is -3.51. The van der Waals surface area contributed by atoms with Gasteiger partial charge in [0, 0.05) is 18.7 Å². The van der Waals surface area contributed by atoms with E-state index in [-0.39, 0.29) is 17.0 Å². The zero-order chi connectivity index (χ0) is 15.2. The fourth-order valence-electron chi connectivity index (χ4n) is 1.97. The Hall–Kier alpha value is -1.11. The molecule has 114 valence electrons. The fraction of sp³-hybridized carbons (Fsp3) is 0.571. The fourth-order valence-corrected chi connectivity index (χ4v) is 3.17. The minimum absolute atomic E-state index is 0.0550. The molecule has 0 amide bonds. The van der Waals surface area contributed by atoms with Crippen molar-refractivity contribution in [3.8, 4) is 0 Å². The van der Waals surface area contributed by atoms with E-state index in [0.717, 1.165) is 6.42 Å². The third kappa shape index (κ3) is 4.19. The third-order valence-electron chi connectivity index (χ3n) is 3.39. The van der Waals surface area contributed by atoms with Crippen molar-refractivity contribution in [2.75, 3.05) is 18.5 Å². The summed E-state index contributed by atoms with van der Waals surface area (Å²) in [5, 5.41) is 12.4. The number of hydrogen-bond donors (Lipinski definition) is 3. The van der Waals surface area contributed by atoms with Gasteiger partial charge in [0.15, 0.2) is 0 Å². The molecule has 0 aromatic heterocycles. The molecule has 0 saturated carbocycles. The summed E-state index contributed by atoms with van der Waals surface area (Å²) in [5.41, 5.74) is 0.221. The Labute approximate surface area is 121 Å². The van der Waals surface area contributed by atoms with E-state index in [9.17, 15) is 8.42 Å². The van der Waals surface area contributed by atoms with Crippen LogP contribution in [0.15, 0.2) is 29.2 Å². The van der Waals surface area contributed by atoms with Crippen LogP contribution in [-0.2, 0) is 10.0 Å². The Balaban J connectivity index is 3.14. The second-order valence-corrected chi connectivity index (χ2v) is 6.75. The molecule has 0 aliphatic carbocycles. The van der Waals surface area contributed by atoms with Gasteiger partial charge in [-0.15, -0.1) is 0 Å². The van der Waals surface area contributed by atoms with E-state index in [1.54, 1.807) is 31.2 Å². The van der Waals surface area contributed by atoms with Crippen LogP contribution in [0.1, 0.15) is 33.6 Å². The second kappa shape index (κ2) is 7.06. The van der Waals surface area contributed by atoms with Crippen molar-refractivity contribution in [2.24, 2.45) is 0 Å². The van der Waals surface area contributed by atoms with E-state index in [4.69, 9.17) is 5.11 Å². The van der Waals surface area contributed by atoms with Gasteiger partial charge >= 0.3 is 0 Å². The first-order valence-corrected chi connectivity index (χ1v) is 8.34. The summed E-state index contributed by atoms with van der Waals surface area (Å²) >= 11 is 0.